The van der Waals surface area contributed by atoms with E-state index in [1.165, 1.54) is 24.3 Å². The zero-order valence-corrected chi connectivity index (χ0v) is 17.7. The minimum atomic E-state index is -1.13. The second-order valence-electron chi connectivity index (χ2n) is 7.79. The van der Waals surface area contributed by atoms with E-state index < -0.39 is 35.3 Å². The molecule has 1 aromatic carbocycles. The second-order valence-corrected chi connectivity index (χ2v) is 7.79. The molecule has 2 aromatic rings. The smallest absolute Gasteiger partial charge is 0.408 e. The van der Waals surface area contributed by atoms with Crippen molar-refractivity contribution < 1.29 is 23.1 Å². The number of carbonyl (C=O) groups is 2. The highest BCUT2D eigenvalue weighted by molar-refractivity contribution is 5.98. The topological polar surface area (TPSA) is 84.4 Å². The molecule has 1 heterocycles. The number of aromatic nitrogens is 2. The maximum Gasteiger partial charge on any atom is 0.408 e. The van der Waals surface area contributed by atoms with Crippen LogP contribution in [0.4, 0.5) is 19.3 Å². The van der Waals surface area contributed by atoms with Crippen molar-refractivity contribution in [1.29, 1.82) is 0 Å². The lowest BCUT2D eigenvalue weighted by Gasteiger charge is -2.26. The lowest BCUT2D eigenvalue weighted by Crippen LogP contribution is -2.50. The third-order valence-corrected chi connectivity index (χ3v) is 4.08. The highest BCUT2D eigenvalue weighted by Crippen LogP contribution is 2.16. The molecule has 30 heavy (non-hydrogen) atoms. The molecular weight excluding hydrogens is 394 g/mol. The van der Waals surface area contributed by atoms with Crippen LogP contribution in [0, 0.1) is 11.6 Å². The fourth-order valence-electron chi connectivity index (χ4n) is 2.68. The fourth-order valence-corrected chi connectivity index (χ4v) is 2.68. The summed E-state index contributed by atoms with van der Waals surface area (Å²) in [5.41, 5.74) is -0.148. The van der Waals surface area contributed by atoms with Gasteiger partial charge in [-0.15, -0.1) is 0 Å². The minimum Gasteiger partial charge on any atom is -0.444 e. The predicted octanol–water partition coefficient (Wildman–Crippen LogP) is 3.42. The largest absolute Gasteiger partial charge is 0.444 e. The lowest BCUT2D eigenvalue weighted by atomic mass is 10.0. The first kappa shape index (κ1) is 23.2. The number of hydrogen-bond acceptors (Lipinski definition) is 5. The predicted molar refractivity (Wildman–Crippen MR) is 108 cm³/mol. The number of hydrogen-bond donors (Lipinski definition) is 1. The van der Waals surface area contributed by atoms with Gasteiger partial charge in [0.2, 0.25) is 5.91 Å². The van der Waals surface area contributed by atoms with Crippen molar-refractivity contribution in [1.82, 2.24) is 15.3 Å². The standard InChI is InChI=1S/C21H26F2N4O3/c1-6-18-24-11-16(12-25-18)27(5)19(28)17(26-20(29)30-21(2,3)4)9-13-7-14(22)10-15(23)8-13/h7-8,10-12,17H,6,9H2,1-5H3,(H,26,29)/t17-/m0/s1. The monoisotopic (exact) mass is 420 g/mol. The molecule has 1 atom stereocenters. The molecule has 9 heteroatoms. The molecule has 0 aliphatic carbocycles. The summed E-state index contributed by atoms with van der Waals surface area (Å²) < 4.78 is 32.4. The summed E-state index contributed by atoms with van der Waals surface area (Å²) in [4.78, 5) is 34.9. The highest BCUT2D eigenvalue weighted by atomic mass is 19.1. The van der Waals surface area contributed by atoms with Gasteiger partial charge < -0.3 is 15.0 Å². The third-order valence-electron chi connectivity index (χ3n) is 4.08. The van der Waals surface area contributed by atoms with Crippen LogP contribution in [0.2, 0.25) is 0 Å². The molecule has 0 bridgehead atoms. The maximum atomic E-state index is 13.6. The quantitative estimate of drug-likeness (QED) is 0.774. The summed E-state index contributed by atoms with van der Waals surface area (Å²) >= 11 is 0. The van der Waals surface area contributed by atoms with E-state index in [0.717, 1.165) is 18.2 Å². The van der Waals surface area contributed by atoms with Crippen LogP contribution in [-0.2, 0) is 22.4 Å². The van der Waals surface area contributed by atoms with Crippen molar-refractivity contribution in [2.24, 2.45) is 0 Å². The molecule has 162 valence electrons. The summed E-state index contributed by atoms with van der Waals surface area (Å²) in [6, 6.07) is 1.83. The Morgan fingerprint density at radius 1 is 1.13 bits per heavy atom. The molecular formula is C21H26F2N4O3. The van der Waals surface area contributed by atoms with E-state index in [1.54, 1.807) is 20.8 Å². The van der Waals surface area contributed by atoms with Gasteiger partial charge in [0.15, 0.2) is 0 Å². The molecule has 0 spiro atoms. The van der Waals surface area contributed by atoms with E-state index in [4.69, 9.17) is 4.74 Å². The number of alkyl carbamates (subject to hydrolysis) is 1. The number of halogens is 2. The van der Waals surface area contributed by atoms with Gasteiger partial charge in [0, 0.05) is 26.0 Å². The molecule has 0 fully saturated rings. The number of benzene rings is 1. The first-order chi connectivity index (χ1) is 14.0. The van der Waals surface area contributed by atoms with Crippen molar-refractivity contribution in [3.05, 3.63) is 53.6 Å². The average Bonchev–Trinajstić information content (AvgIpc) is 2.64. The summed E-state index contributed by atoms with van der Waals surface area (Å²) in [7, 11) is 1.50. The van der Waals surface area contributed by atoms with Gasteiger partial charge in [-0.3, -0.25) is 4.79 Å². The number of ether oxygens (including phenoxy) is 1. The number of nitrogens with one attached hydrogen (secondary N) is 1. The Labute approximate surface area is 174 Å². The van der Waals surface area contributed by atoms with E-state index in [0.29, 0.717) is 17.9 Å². The Morgan fingerprint density at radius 3 is 2.20 bits per heavy atom. The second kappa shape index (κ2) is 9.60. The van der Waals surface area contributed by atoms with Crippen molar-refractivity contribution in [2.75, 3.05) is 11.9 Å². The van der Waals surface area contributed by atoms with Crippen LogP contribution in [0.5, 0.6) is 0 Å². The van der Waals surface area contributed by atoms with Crippen LogP contribution >= 0.6 is 0 Å². The molecule has 1 aromatic heterocycles. The average molecular weight is 420 g/mol. The van der Waals surface area contributed by atoms with Gasteiger partial charge in [0.05, 0.1) is 18.1 Å². The van der Waals surface area contributed by atoms with Crippen LogP contribution in [0.3, 0.4) is 0 Å². The van der Waals surface area contributed by atoms with Gasteiger partial charge in [-0.2, -0.15) is 0 Å². The van der Waals surface area contributed by atoms with E-state index >= 15 is 0 Å². The summed E-state index contributed by atoms with van der Waals surface area (Å²) in [6.07, 6.45) is 2.69. The zero-order valence-electron chi connectivity index (χ0n) is 17.7. The van der Waals surface area contributed by atoms with Gasteiger partial charge in [-0.25, -0.2) is 23.5 Å². The molecule has 2 amide bonds. The zero-order chi connectivity index (χ0) is 22.5. The van der Waals surface area contributed by atoms with Crippen LogP contribution in [0.1, 0.15) is 39.1 Å². The normalized spacial score (nSPS) is 12.2. The number of rotatable bonds is 6. The highest BCUT2D eigenvalue weighted by Gasteiger charge is 2.28. The van der Waals surface area contributed by atoms with Crippen LogP contribution in [0.15, 0.2) is 30.6 Å². The van der Waals surface area contributed by atoms with E-state index in [1.807, 2.05) is 6.92 Å². The van der Waals surface area contributed by atoms with E-state index in [9.17, 15) is 18.4 Å². The summed E-state index contributed by atoms with van der Waals surface area (Å²) in [6.45, 7) is 6.96. The van der Waals surface area contributed by atoms with Crippen molar-refractivity contribution >= 4 is 17.7 Å². The van der Waals surface area contributed by atoms with Gasteiger partial charge >= 0.3 is 6.09 Å². The summed E-state index contributed by atoms with van der Waals surface area (Å²) in [5, 5.41) is 2.50. The Kier molecular flexibility index (Phi) is 7.42. The number of carbonyl (C=O) groups excluding carboxylic acids is 2. The van der Waals surface area contributed by atoms with Gasteiger partial charge in [-0.05, 0) is 38.5 Å². The number of aryl methyl sites for hydroxylation is 1. The molecule has 1 N–H and O–H groups in total. The molecule has 0 aliphatic heterocycles. The molecule has 0 unspecified atom stereocenters. The summed E-state index contributed by atoms with van der Waals surface area (Å²) in [5.74, 6) is -1.44. The number of anilines is 1. The molecule has 0 saturated carbocycles. The number of likely N-dealkylation sites (N-methyl/N-ethyl adjacent to an activating group) is 1. The molecule has 0 aliphatic rings. The van der Waals surface area contributed by atoms with E-state index in [-0.39, 0.29) is 12.0 Å². The Bertz CT molecular complexity index is 878. The third kappa shape index (κ3) is 6.75. The van der Waals surface area contributed by atoms with Crippen LogP contribution in [-0.4, -0.2) is 40.7 Å². The van der Waals surface area contributed by atoms with E-state index in [2.05, 4.69) is 15.3 Å². The molecule has 7 nitrogen and oxygen atoms in total. The molecule has 0 saturated heterocycles. The first-order valence-corrected chi connectivity index (χ1v) is 9.51. The van der Waals surface area contributed by atoms with Crippen LogP contribution in [0.25, 0.3) is 0 Å². The van der Waals surface area contributed by atoms with Crippen molar-refractivity contribution in [3.63, 3.8) is 0 Å². The Hall–Kier alpha value is -3.10. The first-order valence-electron chi connectivity index (χ1n) is 9.51. The van der Waals surface area contributed by atoms with Gasteiger partial charge in [-0.1, -0.05) is 6.92 Å². The molecule has 0 radical (unpaired) electrons. The van der Waals surface area contributed by atoms with Gasteiger partial charge in [0.25, 0.3) is 0 Å². The number of amides is 2. The fraction of sp³-hybridized carbons (Fsp3) is 0.429. The number of nitrogens with zero attached hydrogens (tertiary/aromatic N) is 3. The minimum absolute atomic E-state index is 0.134. The molecule has 2 rings (SSSR count). The maximum absolute atomic E-state index is 13.6. The van der Waals surface area contributed by atoms with Gasteiger partial charge in [0.1, 0.15) is 29.1 Å². The van der Waals surface area contributed by atoms with Crippen LogP contribution < -0.4 is 10.2 Å². The lowest BCUT2D eigenvalue weighted by molar-refractivity contribution is -0.120. The Morgan fingerprint density at radius 2 is 1.70 bits per heavy atom. The Balaban J connectivity index is 2.27. The van der Waals surface area contributed by atoms with Crippen molar-refractivity contribution in [3.8, 4) is 0 Å². The SMILES string of the molecule is CCc1ncc(N(C)C(=O)[C@H](Cc2cc(F)cc(F)c2)NC(=O)OC(C)(C)C)cn1. The van der Waals surface area contributed by atoms with Crippen molar-refractivity contribution in [2.45, 2.75) is 52.2 Å².